The number of nitrogens with one attached hydrogen (secondary N) is 1. The molecule has 0 aromatic heterocycles. The van der Waals surface area contributed by atoms with Gasteiger partial charge in [-0.05, 0) is 56.0 Å². The van der Waals surface area contributed by atoms with Crippen molar-refractivity contribution in [1.82, 2.24) is 9.62 Å². The molecule has 2 aliphatic heterocycles. The van der Waals surface area contributed by atoms with Crippen LogP contribution in [0.4, 0.5) is 5.69 Å². The number of para-hydroxylation sites is 2. The lowest BCUT2D eigenvalue weighted by molar-refractivity contribution is -0.129. The molecular weight excluding hydrogens is 514 g/mol. The Hall–Kier alpha value is -3.69. The van der Waals surface area contributed by atoms with Crippen LogP contribution in [0.3, 0.4) is 0 Å². The summed E-state index contributed by atoms with van der Waals surface area (Å²) in [5.74, 6) is -0.237. The van der Waals surface area contributed by atoms with Gasteiger partial charge in [0.2, 0.25) is 15.9 Å². The van der Waals surface area contributed by atoms with Crippen molar-refractivity contribution in [1.29, 1.82) is 0 Å². The zero-order valence-electron chi connectivity index (χ0n) is 22.0. The fraction of sp³-hybridized carbons (Fsp3) is 0.333. The van der Waals surface area contributed by atoms with E-state index in [4.69, 9.17) is 4.74 Å². The molecule has 1 atom stereocenters. The normalized spacial score (nSPS) is 18.2. The van der Waals surface area contributed by atoms with Gasteiger partial charge < -0.3 is 15.0 Å². The number of carbonyl (C=O) groups excluding carboxylic acids is 2. The predicted molar refractivity (Wildman–Crippen MR) is 149 cm³/mol. The Balaban J connectivity index is 1.23. The van der Waals surface area contributed by atoms with Gasteiger partial charge in [0.1, 0.15) is 5.75 Å². The molecule has 8 nitrogen and oxygen atoms in total. The summed E-state index contributed by atoms with van der Waals surface area (Å²) < 4.78 is 33.7. The van der Waals surface area contributed by atoms with Crippen molar-refractivity contribution in [3.8, 4) is 5.75 Å². The van der Waals surface area contributed by atoms with Gasteiger partial charge in [-0.25, -0.2) is 8.42 Å². The van der Waals surface area contributed by atoms with Gasteiger partial charge in [0.15, 0.2) is 6.10 Å². The summed E-state index contributed by atoms with van der Waals surface area (Å²) >= 11 is 0. The Morgan fingerprint density at radius 2 is 1.59 bits per heavy atom. The van der Waals surface area contributed by atoms with E-state index in [1.54, 1.807) is 35.2 Å². The maximum atomic E-state index is 13.7. The number of piperidine rings is 1. The van der Waals surface area contributed by atoms with Crippen molar-refractivity contribution in [3.05, 3.63) is 90.0 Å². The lowest BCUT2D eigenvalue weighted by Gasteiger charge is -2.38. The second-order valence-electron chi connectivity index (χ2n) is 10.0. The highest BCUT2D eigenvalue weighted by atomic mass is 32.2. The molecule has 1 fully saturated rings. The number of benzene rings is 3. The fourth-order valence-electron chi connectivity index (χ4n) is 5.09. The maximum Gasteiger partial charge on any atom is 0.262 e. The third-order valence-electron chi connectivity index (χ3n) is 7.35. The zero-order chi connectivity index (χ0) is 27.4. The van der Waals surface area contributed by atoms with E-state index in [-0.39, 0.29) is 42.3 Å². The summed E-state index contributed by atoms with van der Waals surface area (Å²) in [6, 6.07) is 23.9. The number of fused-ring (bicyclic) bond motifs is 1. The van der Waals surface area contributed by atoms with Gasteiger partial charge >= 0.3 is 0 Å². The van der Waals surface area contributed by atoms with Crippen LogP contribution in [-0.4, -0.2) is 56.8 Å². The van der Waals surface area contributed by atoms with Crippen LogP contribution in [0.1, 0.15) is 24.0 Å². The number of sulfonamides is 1. The third-order valence-corrected chi connectivity index (χ3v) is 9.26. The molecule has 1 unspecified atom stereocenters. The van der Waals surface area contributed by atoms with Gasteiger partial charge in [-0.15, -0.1) is 0 Å². The van der Waals surface area contributed by atoms with Crippen molar-refractivity contribution in [2.75, 3.05) is 31.1 Å². The van der Waals surface area contributed by atoms with E-state index in [0.717, 1.165) is 11.1 Å². The van der Waals surface area contributed by atoms with E-state index in [0.29, 0.717) is 37.2 Å². The van der Waals surface area contributed by atoms with Crippen LogP contribution < -0.4 is 15.0 Å². The molecule has 2 aliphatic rings. The van der Waals surface area contributed by atoms with Crippen molar-refractivity contribution in [2.45, 2.75) is 37.2 Å². The Labute approximate surface area is 229 Å². The highest BCUT2D eigenvalue weighted by Crippen LogP contribution is 2.35. The minimum Gasteiger partial charge on any atom is -0.477 e. The number of nitrogens with zero attached hydrogens (tertiary/aromatic N) is 2. The molecule has 5 rings (SSSR count). The van der Waals surface area contributed by atoms with Gasteiger partial charge in [-0.3, -0.25) is 9.59 Å². The number of rotatable bonds is 7. The van der Waals surface area contributed by atoms with Gasteiger partial charge in [-0.1, -0.05) is 60.2 Å². The summed E-state index contributed by atoms with van der Waals surface area (Å²) in [5.41, 5.74) is 2.75. The third kappa shape index (κ3) is 5.99. The van der Waals surface area contributed by atoms with Crippen LogP contribution in [0.25, 0.3) is 0 Å². The lowest BCUT2D eigenvalue weighted by Crippen LogP contribution is -2.53. The maximum absolute atomic E-state index is 13.7. The molecule has 3 aromatic carbocycles. The second kappa shape index (κ2) is 11.6. The van der Waals surface area contributed by atoms with Crippen LogP contribution in [0.5, 0.6) is 5.75 Å². The van der Waals surface area contributed by atoms with Crippen LogP contribution in [0.2, 0.25) is 0 Å². The molecule has 39 heavy (non-hydrogen) atoms. The van der Waals surface area contributed by atoms with Crippen LogP contribution in [0.15, 0.2) is 83.8 Å². The van der Waals surface area contributed by atoms with E-state index in [1.807, 2.05) is 55.5 Å². The smallest absolute Gasteiger partial charge is 0.262 e. The van der Waals surface area contributed by atoms with Crippen molar-refractivity contribution in [2.24, 2.45) is 5.92 Å². The van der Waals surface area contributed by atoms with E-state index in [9.17, 15) is 18.0 Å². The molecule has 1 saturated heterocycles. The van der Waals surface area contributed by atoms with Crippen molar-refractivity contribution >= 4 is 27.5 Å². The molecule has 204 valence electrons. The van der Waals surface area contributed by atoms with Gasteiger partial charge in [0.05, 0.1) is 17.1 Å². The lowest BCUT2D eigenvalue weighted by atomic mass is 9.95. The van der Waals surface area contributed by atoms with Gasteiger partial charge in [-0.2, -0.15) is 4.31 Å². The average Bonchev–Trinajstić information content (AvgIpc) is 2.97. The Morgan fingerprint density at radius 3 is 2.31 bits per heavy atom. The van der Waals surface area contributed by atoms with Crippen LogP contribution in [-0.2, 0) is 26.0 Å². The zero-order valence-corrected chi connectivity index (χ0v) is 22.8. The summed E-state index contributed by atoms with van der Waals surface area (Å²) in [5, 5.41) is 2.94. The molecule has 2 heterocycles. The first-order chi connectivity index (χ1) is 18.8. The Kier molecular flexibility index (Phi) is 7.99. The molecule has 2 amide bonds. The monoisotopic (exact) mass is 547 g/mol. The van der Waals surface area contributed by atoms with Gasteiger partial charge in [0, 0.05) is 25.6 Å². The van der Waals surface area contributed by atoms with E-state index in [2.05, 4.69) is 5.32 Å². The van der Waals surface area contributed by atoms with E-state index < -0.39 is 16.1 Å². The molecule has 0 spiro atoms. The molecule has 3 aromatic rings. The summed E-state index contributed by atoms with van der Waals surface area (Å²) in [6.45, 7) is 3.02. The summed E-state index contributed by atoms with van der Waals surface area (Å²) in [6.07, 6.45) is 0.693. The standard InChI is InChI=1S/C30H33N3O5S/c1-22-11-13-25(14-12-22)39(36,37)32-19-16-24(17-20-32)30(35)33-21-28(38-27-10-6-5-9-26(27)33)29(34)31-18-15-23-7-3-2-4-8-23/h2-14,24,28H,15-21H2,1H3,(H,31,34). The number of hydrogen-bond donors (Lipinski definition) is 1. The molecule has 0 saturated carbocycles. The van der Waals surface area contributed by atoms with Crippen LogP contribution in [0, 0.1) is 12.8 Å². The Morgan fingerprint density at radius 1 is 0.923 bits per heavy atom. The largest absolute Gasteiger partial charge is 0.477 e. The minimum atomic E-state index is -3.61. The minimum absolute atomic E-state index is 0.106. The number of aryl methyl sites for hydroxylation is 1. The van der Waals surface area contributed by atoms with Crippen LogP contribution >= 0.6 is 0 Å². The molecule has 1 N–H and O–H groups in total. The first-order valence-corrected chi connectivity index (χ1v) is 14.7. The molecular formula is C30H33N3O5S. The average molecular weight is 548 g/mol. The number of ether oxygens (including phenoxy) is 1. The predicted octanol–water partition coefficient (Wildman–Crippen LogP) is 3.55. The number of carbonyl (C=O) groups is 2. The number of anilines is 1. The molecule has 9 heteroatoms. The Bertz CT molecular complexity index is 1420. The first kappa shape index (κ1) is 26.9. The SMILES string of the molecule is Cc1ccc(S(=O)(=O)N2CCC(C(=O)N3CC(C(=O)NCCc4ccccc4)Oc4ccccc43)CC2)cc1. The van der Waals surface area contributed by atoms with Crippen molar-refractivity contribution < 1.29 is 22.7 Å². The fourth-order valence-corrected chi connectivity index (χ4v) is 6.56. The van der Waals surface area contributed by atoms with E-state index >= 15 is 0 Å². The summed E-state index contributed by atoms with van der Waals surface area (Å²) in [7, 11) is -3.61. The molecule has 0 bridgehead atoms. The van der Waals surface area contributed by atoms with Crippen molar-refractivity contribution in [3.63, 3.8) is 0 Å². The van der Waals surface area contributed by atoms with E-state index in [1.165, 1.54) is 4.31 Å². The number of amides is 2. The number of hydrogen-bond acceptors (Lipinski definition) is 5. The molecule has 0 aliphatic carbocycles. The highest BCUT2D eigenvalue weighted by molar-refractivity contribution is 7.89. The first-order valence-electron chi connectivity index (χ1n) is 13.3. The second-order valence-corrected chi connectivity index (χ2v) is 12.0. The summed E-state index contributed by atoms with van der Waals surface area (Å²) in [4.78, 5) is 28.6. The van der Waals surface area contributed by atoms with Gasteiger partial charge in [0.25, 0.3) is 5.91 Å². The molecule has 0 radical (unpaired) electrons. The topological polar surface area (TPSA) is 96.0 Å². The highest BCUT2D eigenvalue weighted by Gasteiger charge is 2.39. The quantitative estimate of drug-likeness (QED) is 0.488.